The van der Waals surface area contributed by atoms with Gasteiger partial charge in [0.1, 0.15) is 0 Å². The molecule has 0 bridgehead atoms. The molecule has 11 heteroatoms. The largest absolute Gasteiger partial charge is 0.433 e. The van der Waals surface area contributed by atoms with Crippen LogP contribution in [0, 0.1) is 22.7 Å². The van der Waals surface area contributed by atoms with Crippen LogP contribution in [0.4, 0.5) is 37.7 Å². The maximum absolute atomic E-state index is 13.5. The third kappa shape index (κ3) is 5.01. The van der Waals surface area contributed by atoms with E-state index in [4.69, 9.17) is 15.3 Å². The molecule has 1 fully saturated rings. The molecule has 0 saturated carbocycles. The first kappa shape index (κ1) is 22.2. The van der Waals surface area contributed by atoms with Crippen LogP contribution in [0.15, 0.2) is 42.5 Å². The van der Waals surface area contributed by atoms with Crippen LogP contribution in [0.3, 0.4) is 0 Å². The van der Waals surface area contributed by atoms with Gasteiger partial charge >= 0.3 is 12.4 Å². The van der Waals surface area contributed by atoms with Crippen molar-refractivity contribution in [1.29, 1.82) is 10.5 Å². The lowest BCUT2D eigenvalue weighted by Crippen LogP contribution is -2.42. The SMILES string of the molecule is N#Cc1ccc(NCC2CN(c3ccc(C#N)c(C(F)(F)F)c3)C(C(F)(F)F)O2)cc1. The highest BCUT2D eigenvalue weighted by molar-refractivity contribution is 5.56. The molecular weight excluding hydrogens is 426 g/mol. The molecular formula is C20H14F6N4O. The Morgan fingerprint density at radius 3 is 2.23 bits per heavy atom. The summed E-state index contributed by atoms with van der Waals surface area (Å²) in [6, 6.07) is 11.9. The molecule has 0 radical (unpaired) electrons. The summed E-state index contributed by atoms with van der Waals surface area (Å²) in [5.41, 5.74) is -1.39. The Bertz CT molecular complexity index is 1020. The predicted molar refractivity (Wildman–Crippen MR) is 97.9 cm³/mol. The molecule has 2 aromatic rings. The lowest BCUT2D eigenvalue weighted by Gasteiger charge is -2.27. The van der Waals surface area contributed by atoms with E-state index in [9.17, 15) is 26.3 Å². The second-order valence-corrected chi connectivity index (χ2v) is 6.71. The van der Waals surface area contributed by atoms with E-state index in [0.29, 0.717) is 22.2 Å². The van der Waals surface area contributed by atoms with Crippen molar-refractivity contribution >= 4 is 11.4 Å². The number of nitrogens with zero attached hydrogens (tertiary/aromatic N) is 3. The van der Waals surface area contributed by atoms with E-state index in [1.807, 2.05) is 6.07 Å². The van der Waals surface area contributed by atoms with Gasteiger partial charge < -0.3 is 15.0 Å². The zero-order chi connectivity index (χ0) is 22.8. The standard InChI is InChI=1S/C20H14F6N4O/c21-19(22,23)17-7-15(6-3-13(17)9-28)30-11-16(31-18(30)20(24,25)26)10-29-14-4-1-12(8-27)2-5-14/h1-7,16,18,29H,10-11H2. The van der Waals surface area contributed by atoms with E-state index in [1.165, 1.54) is 18.2 Å². The first-order valence-electron chi connectivity index (χ1n) is 8.87. The van der Waals surface area contributed by atoms with Crippen molar-refractivity contribution in [1.82, 2.24) is 0 Å². The van der Waals surface area contributed by atoms with Crippen LogP contribution in [-0.2, 0) is 10.9 Å². The third-order valence-electron chi connectivity index (χ3n) is 4.59. The minimum absolute atomic E-state index is 0.0443. The number of nitriles is 2. The normalized spacial score (nSPS) is 19.0. The van der Waals surface area contributed by atoms with E-state index in [2.05, 4.69) is 5.32 Å². The Morgan fingerprint density at radius 2 is 1.68 bits per heavy atom. The minimum atomic E-state index is -4.90. The van der Waals surface area contributed by atoms with Crippen molar-refractivity contribution in [2.75, 3.05) is 23.3 Å². The van der Waals surface area contributed by atoms with E-state index in [0.717, 1.165) is 12.1 Å². The van der Waals surface area contributed by atoms with Crippen LogP contribution in [0.5, 0.6) is 0 Å². The second-order valence-electron chi connectivity index (χ2n) is 6.71. The van der Waals surface area contributed by atoms with E-state index >= 15 is 0 Å². The molecule has 0 aliphatic carbocycles. The molecule has 1 aliphatic rings. The summed E-state index contributed by atoms with van der Waals surface area (Å²) in [6.07, 6.45) is -13.2. The summed E-state index contributed by atoms with van der Waals surface area (Å²) in [7, 11) is 0. The lowest BCUT2D eigenvalue weighted by atomic mass is 10.1. The minimum Gasteiger partial charge on any atom is -0.382 e. The fourth-order valence-corrected chi connectivity index (χ4v) is 3.16. The molecule has 0 spiro atoms. The van der Waals surface area contributed by atoms with Gasteiger partial charge in [-0.1, -0.05) is 0 Å². The van der Waals surface area contributed by atoms with Gasteiger partial charge in [-0.2, -0.15) is 36.9 Å². The zero-order valence-electron chi connectivity index (χ0n) is 15.6. The highest BCUT2D eigenvalue weighted by atomic mass is 19.4. The van der Waals surface area contributed by atoms with Crippen molar-refractivity contribution in [2.24, 2.45) is 0 Å². The molecule has 0 amide bonds. The smallest absolute Gasteiger partial charge is 0.382 e. The molecule has 1 N–H and O–H groups in total. The molecule has 2 aromatic carbocycles. The highest BCUT2D eigenvalue weighted by Crippen LogP contribution is 2.39. The molecule has 1 heterocycles. The molecule has 2 unspecified atom stereocenters. The topological polar surface area (TPSA) is 72.1 Å². The summed E-state index contributed by atoms with van der Waals surface area (Å²) >= 11 is 0. The van der Waals surface area contributed by atoms with Crippen molar-refractivity contribution < 1.29 is 31.1 Å². The average molecular weight is 440 g/mol. The van der Waals surface area contributed by atoms with Gasteiger partial charge in [0.2, 0.25) is 6.23 Å². The number of ether oxygens (including phenoxy) is 1. The first-order valence-corrected chi connectivity index (χ1v) is 8.87. The van der Waals surface area contributed by atoms with Crippen molar-refractivity contribution in [3.05, 3.63) is 59.2 Å². The maximum atomic E-state index is 13.5. The van der Waals surface area contributed by atoms with Crippen molar-refractivity contribution in [3.8, 4) is 12.1 Å². The Labute approximate surface area is 173 Å². The first-order chi connectivity index (χ1) is 14.5. The second kappa shape index (κ2) is 8.36. The van der Waals surface area contributed by atoms with Crippen LogP contribution in [0.1, 0.15) is 16.7 Å². The number of anilines is 2. The van der Waals surface area contributed by atoms with Gasteiger partial charge in [0.05, 0.1) is 34.9 Å². The van der Waals surface area contributed by atoms with Gasteiger partial charge in [-0.25, -0.2) is 0 Å². The number of nitrogens with one attached hydrogen (secondary N) is 1. The van der Waals surface area contributed by atoms with Gasteiger partial charge in [-0.05, 0) is 42.5 Å². The van der Waals surface area contributed by atoms with Crippen LogP contribution >= 0.6 is 0 Å². The van der Waals surface area contributed by atoms with Gasteiger partial charge in [0.25, 0.3) is 0 Å². The summed E-state index contributed by atoms with van der Waals surface area (Å²) in [5, 5.41) is 20.5. The van der Waals surface area contributed by atoms with Crippen LogP contribution < -0.4 is 10.2 Å². The average Bonchev–Trinajstić information content (AvgIpc) is 3.16. The van der Waals surface area contributed by atoms with E-state index in [1.54, 1.807) is 12.1 Å². The Kier molecular flexibility index (Phi) is 6.00. The summed E-state index contributed by atoms with van der Waals surface area (Å²) in [5.74, 6) is 0. The summed E-state index contributed by atoms with van der Waals surface area (Å²) < 4.78 is 85.3. The highest BCUT2D eigenvalue weighted by Gasteiger charge is 2.51. The molecule has 162 valence electrons. The number of hydrogen-bond donors (Lipinski definition) is 1. The lowest BCUT2D eigenvalue weighted by molar-refractivity contribution is -0.212. The number of halogens is 6. The van der Waals surface area contributed by atoms with Gasteiger partial charge in [0, 0.05) is 24.5 Å². The number of rotatable bonds is 4. The third-order valence-corrected chi connectivity index (χ3v) is 4.59. The molecule has 3 rings (SSSR count). The summed E-state index contributed by atoms with van der Waals surface area (Å²) in [6.45, 7) is -0.367. The Hall–Kier alpha value is -3.44. The molecule has 31 heavy (non-hydrogen) atoms. The fraction of sp³-hybridized carbons (Fsp3) is 0.300. The quantitative estimate of drug-likeness (QED) is 0.701. The molecule has 0 aromatic heterocycles. The van der Waals surface area contributed by atoms with E-state index in [-0.39, 0.29) is 18.8 Å². The zero-order valence-corrected chi connectivity index (χ0v) is 15.6. The van der Waals surface area contributed by atoms with Crippen LogP contribution in [-0.4, -0.2) is 31.6 Å². The van der Waals surface area contributed by atoms with Crippen molar-refractivity contribution in [2.45, 2.75) is 24.7 Å². The van der Waals surface area contributed by atoms with Crippen LogP contribution in [0.2, 0.25) is 0 Å². The number of benzene rings is 2. The maximum Gasteiger partial charge on any atom is 0.433 e. The van der Waals surface area contributed by atoms with Crippen LogP contribution in [0.25, 0.3) is 0 Å². The fourth-order valence-electron chi connectivity index (χ4n) is 3.16. The monoisotopic (exact) mass is 440 g/mol. The van der Waals surface area contributed by atoms with Gasteiger partial charge in [-0.3, -0.25) is 0 Å². The predicted octanol–water partition coefficient (Wildman–Crippen LogP) is 4.65. The molecule has 1 aliphatic heterocycles. The molecule has 2 atom stereocenters. The molecule has 1 saturated heterocycles. The summed E-state index contributed by atoms with van der Waals surface area (Å²) in [4.78, 5) is 0.696. The Balaban J connectivity index is 1.82. The Morgan fingerprint density at radius 1 is 1.00 bits per heavy atom. The number of hydrogen-bond acceptors (Lipinski definition) is 5. The van der Waals surface area contributed by atoms with Crippen molar-refractivity contribution in [3.63, 3.8) is 0 Å². The van der Waals surface area contributed by atoms with E-state index < -0.39 is 35.8 Å². The number of alkyl halides is 6. The molecule has 5 nitrogen and oxygen atoms in total. The van der Waals surface area contributed by atoms with Gasteiger partial charge in [0.15, 0.2) is 0 Å². The van der Waals surface area contributed by atoms with Gasteiger partial charge in [-0.15, -0.1) is 0 Å².